The van der Waals surface area contributed by atoms with E-state index in [4.69, 9.17) is 9.26 Å². The predicted molar refractivity (Wildman–Crippen MR) is 98.0 cm³/mol. The van der Waals surface area contributed by atoms with Gasteiger partial charge in [-0.25, -0.2) is 0 Å². The highest BCUT2D eigenvalue weighted by Gasteiger charge is 2.31. The van der Waals surface area contributed by atoms with Crippen LogP contribution < -0.4 is 0 Å². The van der Waals surface area contributed by atoms with Crippen molar-refractivity contribution in [2.24, 2.45) is 0 Å². The first-order chi connectivity index (χ1) is 13.7. The highest BCUT2D eigenvalue weighted by Crippen LogP contribution is 2.17. The van der Waals surface area contributed by atoms with Crippen molar-refractivity contribution in [1.82, 2.24) is 24.9 Å². The summed E-state index contributed by atoms with van der Waals surface area (Å²) < 4.78 is 10.7. The zero-order valence-electron chi connectivity index (χ0n) is 15.6. The molecular weight excluding hydrogens is 362 g/mol. The van der Waals surface area contributed by atoms with E-state index in [2.05, 4.69) is 15.1 Å². The maximum atomic E-state index is 12.5. The molecular formula is C19H23N5O4. The molecule has 2 amide bonds. The van der Waals surface area contributed by atoms with Crippen molar-refractivity contribution in [3.63, 3.8) is 0 Å². The fourth-order valence-electron chi connectivity index (χ4n) is 3.49. The van der Waals surface area contributed by atoms with Gasteiger partial charge in [0.1, 0.15) is 6.10 Å². The lowest BCUT2D eigenvalue weighted by Crippen LogP contribution is -2.52. The molecule has 0 aliphatic carbocycles. The predicted octanol–water partition coefficient (Wildman–Crippen LogP) is 0.914. The van der Waals surface area contributed by atoms with E-state index in [1.807, 2.05) is 6.07 Å². The van der Waals surface area contributed by atoms with E-state index in [-0.39, 0.29) is 17.9 Å². The number of piperazine rings is 1. The van der Waals surface area contributed by atoms with Crippen molar-refractivity contribution in [2.45, 2.75) is 31.8 Å². The number of carbonyl (C=O) groups excluding carboxylic acids is 2. The van der Waals surface area contributed by atoms with E-state index in [1.165, 1.54) is 0 Å². The van der Waals surface area contributed by atoms with Crippen molar-refractivity contribution in [3.05, 3.63) is 30.4 Å². The van der Waals surface area contributed by atoms with Crippen LogP contribution in [0.25, 0.3) is 11.4 Å². The molecule has 9 heteroatoms. The molecule has 2 aliphatic rings. The molecule has 28 heavy (non-hydrogen) atoms. The van der Waals surface area contributed by atoms with E-state index in [1.54, 1.807) is 28.3 Å². The number of aromatic nitrogens is 3. The standard InChI is InChI=1S/C19H23N5O4/c25-17(6-5-16-21-18(22-28-16)14-3-1-7-20-13-14)23-8-10-24(11-9-23)19(26)15-4-2-12-27-15/h1,3,7,13,15H,2,4-6,8-12H2. The molecule has 0 aromatic carbocycles. The lowest BCUT2D eigenvalue weighted by Gasteiger charge is -2.35. The maximum Gasteiger partial charge on any atom is 0.251 e. The van der Waals surface area contributed by atoms with Crippen LogP contribution >= 0.6 is 0 Å². The molecule has 0 bridgehead atoms. The van der Waals surface area contributed by atoms with Gasteiger partial charge in [-0.15, -0.1) is 0 Å². The fourth-order valence-corrected chi connectivity index (χ4v) is 3.49. The molecule has 1 atom stereocenters. The van der Waals surface area contributed by atoms with E-state index in [0.717, 1.165) is 18.4 Å². The van der Waals surface area contributed by atoms with Crippen molar-refractivity contribution >= 4 is 11.8 Å². The number of hydrogen-bond donors (Lipinski definition) is 0. The van der Waals surface area contributed by atoms with Gasteiger partial charge in [0.2, 0.25) is 17.6 Å². The van der Waals surface area contributed by atoms with Crippen LogP contribution in [-0.4, -0.2) is 75.6 Å². The van der Waals surface area contributed by atoms with Gasteiger partial charge in [-0.05, 0) is 25.0 Å². The number of aryl methyl sites for hydroxylation is 1. The van der Waals surface area contributed by atoms with Crippen LogP contribution in [0.15, 0.2) is 29.0 Å². The van der Waals surface area contributed by atoms with Gasteiger partial charge in [0.25, 0.3) is 5.91 Å². The first-order valence-corrected chi connectivity index (χ1v) is 9.62. The third kappa shape index (κ3) is 4.19. The first-order valence-electron chi connectivity index (χ1n) is 9.62. The molecule has 0 saturated carbocycles. The summed E-state index contributed by atoms with van der Waals surface area (Å²) in [7, 11) is 0. The molecule has 0 spiro atoms. The second kappa shape index (κ2) is 8.47. The van der Waals surface area contributed by atoms with Crippen LogP contribution in [0.3, 0.4) is 0 Å². The summed E-state index contributed by atoms with van der Waals surface area (Å²) in [5.74, 6) is 0.986. The molecule has 2 aromatic heterocycles. The summed E-state index contributed by atoms with van der Waals surface area (Å²) >= 11 is 0. The second-order valence-electron chi connectivity index (χ2n) is 6.96. The van der Waals surface area contributed by atoms with E-state index in [9.17, 15) is 9.59 Å². The topological polar surface area (TPSA) is 102 Å². The van der Waals surface area contributed by atoms with Gasteiger partial charge in [-0.2, -0.15) is 4.98 Å². The molecule has 9 nitrogen and oxygen atoms in total. The number of hydrogen-bond acceptors (Lipinski definition) is 7. The molecule has 0 N–H and O–H groups in total. The van der Waals surface area contributed by atoms with E-state index < -0.39 is 0 Å². The van der Waals surface area contributed by atoms with Gasteiger partial charge in [0, 0.05) is 63.6 Å². The van der Waals surface area contributed by atoms with E-state index in [0.29, 0.717) is 57.3 Å². The normalized spacial score (nSPS) is 19.8. The Bertz CT molecular complexity index is 811. The van der Waals surface area contributed by atoms with Gasteiger partial charge in [0.05, 0.1) is 0 Å². The van der Waals surface area contributed by atoms with Crippen LogP contribution in [0, 0.1) is 0 Å². The molecule has 1 unspecified atom stereocenters. The largest absolute Gasteiger partial charge is 0.368 e. The van der Waals surface area contributed by atoms with Gasteiger partial charge in [-0.1, -0.05) is 5.16 Å². The Hall–Kier alpha value is -2.81. The Kier molecular flexibility index (Phi) is 5.61. The first kappa shape index (κ1) is 18.5. The van der Waals surface area contributed by atoms with Crippen LogP contribution in [0.5, 0.6) is 0 Å². The number of rotatable bonds is 5. The van der Waals surface area contributed by atoms with Crippen LogP contribution in [-0.2, 0) is 20.7 Å². The molecule has 2 saturated heterocycles. The highest BCUT2D eigenvalue weighted by molar-refractivity contribution is 5.82. The molecule has 148 valence electrons. The molecule has 2 fully saturated rings. The van der Waals surface area contributed by atoms with Crippen molar-refractivity contribution in [3.8, 4) is 11.4 Å². The zero-order valence-corrected chi connectivity index (χ0v) is 15.6. The van der Waals surface area contributed by atoms with Gasteiger partial charge in [0.15, 0.2) is 0 Å². The average molecular weight is 385 g/mol. The van der Waals surface area contributed by atoms with E-state index >= 15 is 0 Å². The van der Waals surface area contributed by atoms with Crippen LogP contribution in [0.4, 0.5) is 0 Å². The Labute approximate surface area is 162 Å². The van der Waals surface area contributed by atoms with Crippen LogP contribution in [0.2, 0.25) is 0 Å². The number of pyridine rings is 1. The zero-order chi connectivity index (χ0) is 19.3. The smallest absolute Gasteiger partial charge is 0.251 e. The average Bonchev–Trinajstić information content (AvgIpc) is 3.44. The number of carbonyl (C=O) groups is 2. The quantitative estimate of drug-likeness (QED) is 0.754. The minimum atomic E-state index is -0.297. The number of amides is 2. The summed E-state index contributed by atoms with van der Waals surface area (Å²) in [6.45, 7) is 2.85. The molecule has 2 aliphatic heterocycles. The molecule has 2 aromatic rings. The number of ether oxygens (including phenoxy) is 1. The number of nitrogens with zero attached hydrogens (tertiary/aromatic N) is 5. The van der Waals surface area contributed by atoms with Crippen molar-refractivity contribution in [2.75, 3.05) is 32.8 Å². The third-order valence-electron chi connectivity index (χ3n) is 5.09. The van der Waals surface area contributed by atoms with Crippen LogP contribution in [0.1, 0.15) is 25.2 Å². The minimum Gasteiger partial charge on any atom is -0.368 e. The Morgan fingerprint density at radius 2 is 2.00 bits per heavy atom. The maximum absolute atomic E-state index is 12.5. The summed E-state index contributed by atoms with van der Waals surface area (Å²) in [5.41, 5.74) is 0.774. The summed E-state index contributed by atoms with van der Waals surface area (Å²) in [4.78, 5) is 36.8. The molecule has 4 rings (SSSR count). The third-order valence-corrected chi connectivity index (χ3v) is 5.09. The Balaban J connectivity index is 1.24. The second-order valence-corrected chi connectivity index (χ2v) is 6.96. The Morgan fingerprint density at radius 1 is 1.18 bits per heavy atom. The lowest BCUT2D eigenvalue weighted by atomic mass is 10.2. The van der Waals surface area contributed by atoms with Gasteiger partial charge in [-0.3, -0.25) is 14.6 Å². The van der Waals surface area contributed by atoms with Gasteiger partial charge >= 0.3 is 0 Å². The summed E-state index contributed by atoms with van der Waals surface area (Å²) in [6, 6.07) is 3.66. The monoisotopic (exact) mass is 385 g/mol. The molecule has 0 radical (unpaired) electrons. The fraction of sp³-hybridized carbons (Fsp3) is 0.526. The van der Waals surface area contributed by atoms with Crippen molar-refractivity contribution < 1.29 is 18.8 Å². The van der Waals surface area contributed by atoms with Gasteiger partial charge < -0.3 is 19.1 Å². The Morgan fingerprint density at radius 3 is 2.71 bits per heavy atom. The SMILES string of the molecule is O=C(CCc1nc(-c2cccnc2)no1)N1CCN(C(=O)C2CCCO2)CC1. The van der Waals surface area contributed by atoms with Crippen molar-refractivity contribution in [1.29, 1.82) is 0 Å². The molecule has 4 heterocycles. The summed E-state index contributed by atoms with van der Waals surface area (Å²) in [6.07, 6.45) is 5.47. The lowest BCUT2D eigenvalue weighted by molar-refractivity contribution is -0.146. The minimum absolute atomic E-state index is 0.0327. The highest BCUT2D eigenvalue weighted by atomic mass is 16.5. The summed E-state index contributed by atoms with van der Waals surface area (Å²) in [5, 5.41) is 3.94.